The van der Waals surface area contributed by atoms with Crippen LogP contribution in [0.5, 0.6) is 5.75 Å². The molecule has 0 aliphatic carbocycles. The number of hydrogen-bond acceptors (Lipinski definition) is 5. The number of nitrogens with one attached hydrogen (secondary N) is 1. The number of carbonyl (C=O) groups is 1. The Bertz CT molecular complexity index is 647. The molecule has 19 heavy (non-hydrogen) atoms. The number of nitrogens with zero attached hydrogens (tertiary/aromatic N) is 3. The van der Waals surface area contributed by atoms with Gasteiger partial charge in [0, 0.05) is 5.56 Å². The first-order valence-corrected chi connectivity index (χ1v) is 6.02. The summed E-state index contributed by atoms with van der Waals surface area (Å²) in [6.07, 6.45) is 1.85. The molecule has 0 saturated carbocycles. The van der Waals surface area contributed by atoms with E-state index in [1.807, 2.05) is 6.07 Å². The third kappa shape index (κ3) is 2.48. The van der Waals surface area contributed by atoms with Crippen molar-refractivity contribution in [2.24, 2.45) is 0 Å². The van der Waals surface area contributed by atoms with E-state index in [9.17, 15) is 4.79 Å². The van der Waals surface area contributed by atoms with E-state index >= 15 is 0 Å². The van der Waals surface area contributed by atoms with Gasteiger partial charge in [-0.1, -0.05) is 0 Å². The van der Waals surface area contributed by atoms with Crippen LogP contribution >= 0.6 is 11.6 Å². The van der Waals surface area contributed by atoms with Crippen molar-refractivity contribution in [2.75, 3.05) is 11.9 Å². The van der Waals surface area contributed by atoms with E-state index in [-0.39, 0.29) is 11.2 Å². The summed E-state index contributed by atoms with van der Waals surface area (Å²) >= 11 is 5.71. The van der Waals surface area contributed by atoms with E-state index in [0.29, 0.717) is 30.2 Å². The Balaban J connectivity index is 2.03. The number of anilines is 1. The second-order valence-corrected chi connectivity index (χ2v) is 4.31. The van der Waals surface area contributed by atoms with Crippen LogP contribution < -0.4 is 10.1 Å². The fourth-order valence-electron chi connectivity index (χ4n) is 1.80. The minimum Gasteiger partial charge on any atom is -0.491 e. The Morgan fingerprint density at radius 1 is 1.37 bits per heavy atom. The predicted octanol–water partition coefficient (Wildman–Crippen LogP) is 1.91. The van der Waals surface area contributed by atoms with Crippen LogP contribution in [0.1, 0.15) is 6.42 Å². The molecule has 0 radical (unpaired) electrons. The van der Waals surface area contributed by atoms with Gasteiger partial charge in [-0.25, -0.2) is 4.98 Å². The molecule has 0 unspecified atom stereocenters. The molecule has 6 nitrogen and oxygen atoms in total. The normalized spacial score (nSPS) is 14.1. The van der Waals surface area contributed by atoms with E-state index in [1.165, 1.54) is 6.20 Å². The number of ether oxygens (including phenoxy) is 1. The summed E-state index contributed by atoms with van der Waals surface area (Å²) in [4.78, 5) is 15.6. The molecular formula is C12H9ClN4O2. The molecular weight excluding hydrogens is 268 g/mol. The predicted molar refractivity (Wildman–Crippen MR) is 69.0 cm³/mol. The number of fused-ring (bicyclic) bond motifs is 1. The summed E-state index contributed by atoms with van der Waals surface area (Å²) in [6, 6.07) is 5.39. The van der Waals surface area contributed by atoms with Gasteiger partial charge in [-0.3, -0.25) is 4.79 Å². The number of halogens is 1. The largest absolute Gasteiger partial charge is 0.491 e. The molecule has 0 spiro atoms. The maximum atomic E-state index is 11.5. The van der Waals surface area contributed by atoms with Gasteiger partial charge < -0.3 is 10.1 Å². The monoisotopic (exact) mass is 276 g/mol. The number of hydrogen-bond donors (Lipinski definition) is 1. The van der Waals surface area contributed by atoms with Crippen molar-refractivity contribution in [3.05, 3.63) is 29.7 Å². The van der Waals surface area contributed by atoms with E-state index in [2.05, 4.69) is 20.5 Å². The zero-order valence-electron chi connectivity index (χ0n) is 9.76. The van der Waals surface area contributed by atoms with Crippen LogP contribution in [0.25, 0.3) is 11.3 Å². The Morgan fingerprint density at radius 3 is 3.11 bits per heavy atom. The number of amides is 1. The summed E-state index contributed by atoms with van der Waals surface area (Å²) in [5, 5.41) is 10.2. The Labute approximate surface area is 113 Å². The van der Waals surface area contributed by atoms with Crippen molar-refractivity contribution in [2.45, 2.75) is 6.42 Å². The van der Waals surface area contributed by atoms with Crippen molar-refractivity contribution < 1.29 is 9.53 Å². The van der Waals surface area contributed by atoms with Crippen LogP contribution in [-0.2, 0) is 4.79 Å². The highest BCUT2D eigenvalue weighted by molar-refractivity contribution is 6.28. The number of benzene rings is 1. The second kappa shape index (κ2) is 4.81. The first kappa shape index (κ1) is 11.9. The number of aromatic nitrogens is 3. The summed E-state index contributed by atoms with van der Waals surface area (Å²) in [5.74, 6) is 0.567. The highest BCUT2D eigenvalue weighted by atomic mass is 35.5. The van der Waals surface area contributed by atoms with E-state index < -0.39 is 0 Å². The van der Waals surface area contributed by atoms with Crippen LogP contribution in [0.3, 0.4) is 0 Å². The minimum atomic E-state index is -0.0743. The van der Waals surface area contributed by atoms with E-state index in [4.69, 9.17) is 16.3 Å². The zero-order chi connectivity index (χ0) is 13.2. The van der Waals surface area contributed by atoms with E-state index in [0.717, 1.165) is 5.56 Å². The SMILES string of the molecule is O=C1CCOc2ccc(-c3cnnc(Cl)n3)cc2N1. The van der Waals surface area contributed by atoms with Gasteiger partial charge in [-0.2, -0.15) is 5.10 Å². The topological polar surface area (TPSA) is 77.0 Å². The van der Waals surface area contributed by atoms with Crippen LogP contribution in [0.4, 0.5) is 5.69 Å². The molecule has 1 aliphatic rings. The lowest BCUT2D eigenvalue weighted by Gasteiger charge is -2.08. The molecule has 0 atom stereocenters. The molecule has 0 fully saturated rings. The molecule has 1 N–H and O–H groups in total. The van der Waals surface area contributed by atoms with Crippen LogP contribution in [0.2, 0.25) is 5.28 Å². The molecule has 1 aliphatic heterocycles. The number of carbonyl (C=O) groups excluding carboxylic acids is 1. The van der Waals surface area contributed by atoms with Gasteiger partial charge in [0.2, 0.25) is 11.2 Å². The Hall–Kier alpha value is -2.21. The van der Waals surface area contributed by atoms with Crippen LogP contribution in [0, 0.1) is 0 Å². The summed E-state index contributed by atoms with van der Waals surface area (Å²) < 4.78 is 5.48. The number of rotatable bonds is 1. The lowest BCUT2D eigenvalue weighted by atomic mass is 10.1. The lowest BCUT2D eigenvalue weighted by molar-refractivity contribution is -0.116. The van der Waals surface area contributed by atoms with E-state index in [1.54, 1.807) is 12.1 Å². The Morgan fingerprint density at radius 2 is 2.26 bits per heavy atom. The van der Waals surface area contributed by atoms with Gasteiger partial charge in [0.1, 0.15) is 5.75 Å². The average molecular weight is 277 g/mol. The fourth-order valence-corrected chi connectivity index (χ4v) is 1.93. The molecule has 1 aromatic heterocycles. The Kier molecular flexibility index (Phi) is 3.00. The quantitative estimate of drug-likeness (QED) is 0.861. The lowest BCUT2D eigenvalue weighted by Crippen LogP contribution is -2.10. The summed E-state index contributed by atoms with van der Waals surface area (Å²) in [6.45, 7) is 0.374. The van der Waals surface area contributed by atoms with Gasteiger partial charge >= 0.3 is 0 Å². The molecule has 2 aromatic rings. The molecule has 0 bridgehead atoms. The minimum absolute atomic E-state index is 0.0743. The highest BCUT2D eigenvalue weighted by Gasteiger charge is 2.15. The molecule has 7 heteroatoms. The van der Waals surface area contributed by atoms with Gasteiger partial charge in [0.25, 0.3) is 0 Å². The van der Waals surface area contributed by atoms with Gasteiger partial charge in [0.05, 0.1) is 30.6 Å². The average Bonchev–Trinajstić information content (AvgIpc) is 2.58. The van der Waals surface area contributed by atoms with Crippen LogP contribution in [0.15, 0.2) is 24.4 Å². The molecule has 1 amide bonds. The summed E-state index contributed by atoms with van der Waals surface area (Å²) in [7, 11) is 0. The maximum Gasteiger partial charge on any atom is 0.243 e. The standard InChI is InChI=1S/C12H9ClN4O2/c13-12-16-9(6-14-17-12)7-1-2-10-8(5-7)15-11(18)3-4-19-10/h1-2,5-6H,3-4H2,(H,15,18). The first-order chi connectivity index (χ1) is 9.22. The third-order valence-corrected chi connectivity index (χ3v) is 2.83. The molecule has 0 saturated heterocycles. The van der Waals surface area contributed by atoms with Crippen molar-refractivity contribution in [1.82, 2.24) is 15.2 Å². The van der Waals surface area contributed by atoms with Crippen LogP contribution in [-0.4, -0.2) is 27.7 Å². The molecule has 1 aromatic carbocycles. The fraction of sp³-hybridized carbons (Fsp3) is 0.167. The van der Waals surface area contributed by atoms with Gasteiger partial charge in [0.15, 0.2) is 0 Å². The van der Waals surface area contributed by atoms with Crippen molar-refractivity contribution in [3.63, 3.8) is 0 Å². The zero-order valence-corrected chi connectivity index (χ0v) is 10.5. The molecule has 3 rings (SSSR count). The highest BCUT2D eigenvalue weighted by Crippen LogP contribution is 2.31. The van der Waals surface area contributed by atoms with Gasteiger partial charge in [-0.05, 0) is 29.8 Å². The van der Waals surface area contributed by atoms with Crippen molar-refractivity contribution in [3.8, 4) is 17.0 Å². The van der Waals surface area contributed by atoms with Crippen molar-refractivity contribution in [1.29, 1.82) is 0 Å². The maximum absolute atomic E-state index is 11.5. The smallest absolute Gasteiger partial charge is 0.243 e. The second-order valence-electron chi connectivity index (χ2n) is 3.97. The van der Waals surface area contributed by atoms with Crippen molar-refractivity contribution >= 4 is 23.2 Å². The molecule has 96 valence electrons. The molecule has 2 heterocycles. The third-order valence-electron chi connectivity index (χ3n) is 2.67. The van der Waals surface area contributed by atoms with Gasteiger partial charge in [-0.15, -0.1) is 5.10 Å². The first-order valence-electron chi connectivity index (χ1n) is 5.65. The summed E-state index contributed by atoms with van der Waals surface area (Å²) in [5.41, 5.74) is 1.98.